The molecule has 0 aliphatic carbocycles. The number of aromatic nitrogens is 1. The number of piperidine rings is 1. The SMILES string of the molecule is CCCNC(C)c1cccnc1OC1CCN(C)CC1. The third kappa shape index (κ3) is 4.18. The maximum Gasteiger partial charge on any atom is 0.218 e. The lowest BCUT2D eigenvalue weighted by molar-refractivity contribution is 0.108. The van der Waals surface area contributed by atoms with Crippen molar-refractivity contribution in [1.29, 1.82) is 0 Å². The zero-order chi connectivity index (χ0) is 14.4. The van der Waals surface area contributed by atoms with Crippen molar-refractivity contribution < 1.29 is 4.74 Å². The van der Waals surface area contributed by atoms with Crippen LogP contribution in [0.5, 0.6) is 5.88 Å². The van der Waals surface area contributed by atoms with Gasteiger partial charge in [-0.15, -0.1) is 0 Å². The van der Waals surface area contributed by atoms with Crippen molar-refractivity contribution in [3.8, 4) is 5.88 Å². The monoisotopic (exact) mass is 277 g/mol. The predicted octanol–water partition coefficient (Wildman–Crippen LogP) is 2.62. The molecule has 1 atom stereocenters. The highest BCUT2D eigenvalue weighted by atomic mass is 16.5. The van der Waals surface area contributed by atoms with E-state index in [-0.39, 0.29) is 6.04 Å². The Morgan fingerprint density at radius 1 is 1.45 bits per heavy atom. The highest BCUT2D eigenvalue weighted by Gasteiger charge is 2.20. The summed E-state index contributed by atoms with van der Waals surface area (Å²) < 4.78 is 6.16. The number of nitrogens with zero attached hydrogens (tertiary/aromatic N) is 2. The highest BCUT2D eigenvalue weighted by molar-refractivity contribution is 5.28. The van der Waals surface area contributed by atoms with Crippen LogP contribution in [-0.2, 0) is 0 Å². The van der Waals surface area contributed by atoms with Gasteiger partial charge in [0.1, 0.15) is 6.10 Å². The second-order valence-corrected chi connectivity index (χ2v) is 5.69. The largest absolute Gasteiger partial charge is 0.474 e. The van der Waals surface area contributed by atoms with Crippen molar-refractivity contribution in [3.05, 3.63) is 23.9 Å². The third-order valence-electron chi connectivity index (χ3n) is 3.91. The molecule has 0 spiro atoms. The molecule has 1 aliphatic rings. The predicted molar refractivity (Wildman–Crippen MR) is 82.1 cm³/mol. The lowest BCUT2D eigenvalue weighted by atomic mass is 10.1. The lowest BCUT2D eigenvalue weighted by Gasteiger charge is -2.30. The Morgan fingerprint density at radius 2 is 2.20 bits per heavy atom. The molecule has 0 saturated carbocycles. The van der Waals surface area contributed by atoms with E-state index in [0.29, 0.717) is 6.10 Å². The van der Waals surface area contributed by atoms with Crippen molar-refractivity contribution in [3.63, 3.8) is 0 Å². The Kier molecular flexibility index (Phi) is 5.80. The molecule has 20 heavy (non-hydrogen) atoms. The van der Waals surface area contributed by atoms with Crippen LogP contribution in [0.3, 0.4) is 0 Å². The number of rotatable bonds is 6. The van der Waals surface area contributed by atoms with Crippen LogP contribution in [0, 0.1) is 0 Å². The Hall–Kier alpha value is -1.13. The van der Waals surface area contributed by atoms with Gasteiger partial charge in [-0.05, 0) is 45.8 Å². The number of likely N-dealkylation sites (tertiary alicyclic amines) is 1. The van der Waals surface area contributed by atoms with E-state index in [4.69, 9.17) is 4.74 Å². The van der Waals surface area contributed by atoms with E-state index < -0.39 is 0 Å². The van der Waals surface area contributed by atoms with E-state index in [0.717, 1.165) is 44.8 Å². The zero-order valence-corrected chi connectivity index (χ0v) is 12.9. The van der Waals surface area contributed by atoms with Crippen molar-refractivity contribution >= 4 is 0 Å². The summed E-state index contributed by atoms with van der Waals surface area (Å²) in [5.41, 5.74) is 1.17. The summed E-state index contributed by atoms with van der Waals surface area (Å²) in [7, 11) is 2.17. The Labute approximate surface area is 122 Å². The number of hydrogen-bond acceptors (Lipinski definition) is 4. The normalized spacial score (nSPS) is 18.9. The van der Waals surface area contributed by atoms with E-state index in [1.54, 1.807) is 0 Å². The summed E-state index contributed by atoms with van der Waals surface area (Å²) in [4.78, 5) is 6.80. The van der Waals surface area contributed by atoms with Crippen molar-refractivity contribution in [1.82, 2.24) is 15.2 Å². The van der Waals surface area contributed by atoms with Gasteiger partial charge in [0.05, 0.1) is 0 Å². The molecule has 1 saturated heterocycles. The molecular weight excluding hydrogens is 250 g/mol. The van der Waals surface area contributed by atoms with E-state index in [1.807, 2.05) is 12.3 Å². The van der Waals surface area contributed by atoms with Crippen molar-refractivity contribution in [2.75, 3.05) is 26.7 Å². The Balaban J connectivity index is 2.00. The van der Waals surface area contributed by atoms with E-state index in [2.05, 4.69) is 42.2 Å². The molecule has 0 bridgehead atoms. The molecule has 1 aromatic heterocycles. The van der Waals surface area contributed by atoms with E-state index in [9.17, 15) is 0 Å². The van der Waals surface area contributed by atoms with Gasteiger partial charge >= 0.3 is 0 Å². The van der Waals surface area contributed by atoms with Gasteiger partial charge in [0.15, 0.2) is 0 Å². The minimum atomic E-state index is 0.282. The summed E-state index contributed by atoms with van der Waals surface area (Å²) in [5, 5.41) is 3.51. The van der Waals surface area contributed by atoms with Crippen LogP contribution in [0.25, 0.3) is 0 Å². The molecule has 4 heteroatoms. The summed E-state index contributed by atoms with van der Waals surface area (Å²) in [6.45, 7) is 7.59. The third-order valence-corrected chi connectivity index (χ3v) is 3.91. The van der Waals surface area contributed by atoms with Crippen molar-refractivity contribution in [2.24, 2.45) is 0 Å². The fourth-order valence-electron chi connectivity index (χ4n) is 2.56. The zero-order valence-electron chi connectivity index (χ0n) is 12.9. The van der Waals surface area contributed by atoms with E-state index >= 15 is 0 Å². The average Bonchev–Trinajstić information content (AvgIpc) is 2.48. The molecule has 1 aliphatic heterocycles. The first-order valence-corrected chi connectivity index (χ1v) is 7.74. The fourth-order valence-corrected chi connectivity index (χ4v) is 2.56. The van der Waals surface area contributed by atoms with Gasteiger partial charge in [-0.25, -0.2) is 4.98 Å². The van der Waals surface area contributed by atoms with Crippen LogP contribution >= 0.6 is 0 Å². The van der Waals surface area contributed by atoms with Crippen LogP contribution in [0.1, 0.15) is 44.7 Å². The molecule has 4 nitrogen and oxygen atoms in total. The molecule has 1 aromatic rings. The molecule has 0 aromatic carbocycles. The van der Waals surface area contributed by atoms with Crippen LogP contribution in [-0.4, -0.2) is 42.7 Å². The van der Waals surface area contributed by atoms with Gasteiger partial charge in [0, 0.05) is 30.9 Å². The molecule has 112 valence electrons. The summed E-state index contributed by atoms with van der Waals surface area (Å²) >= 11 is 0. The summed E-state index contributed by atoms with van der Waals surface area (Å²) in [6, 6.07) is 4.39. The van der Waals surface area contributed by atoms with Gasteiger partial charge in [0.25, 0.3) is 0 Å². The molecule has 0 amide bonds. The molecule has 2 heterocycles. The number of hydrogen-bond donors (Lipinski definition) is 1. The van der Waals surface area contributed by atoms with Gasteiger partial charge < -0.3 is 15.0 Å². The molecule has 1 unspecified atom stereocenters. The molecular formula is C16H27N3O. The van der Waals surface area contributed by atoms with E-state index in [1.165, 1.54) is 5.56 Å². The minimum Gasteiger partial charge on any atom is -0.474 e. The molecule has 1 N–H and O–H groups in total. The molecule has 0 radical (unpaired) electrons. The van der Waals surface area contributed by atoms with Gasteiger partial charge in [-0.3, -0.25) is 0 Å². The number of pyridine rings is 1. The average molecular weight is 277 g/mol. The second-order valence-electron chi connectivity index (χ2n) is 5.69. The quantitative estimate of drug-likeness (QED) is 0.867. The van der Waals surface area contributed by atoms with Crippen LogP contribution in [0.2, 0.25) is 0 Å². The van der Waals surface area contributed by atoms with Gasteiger partial charge in [-0.1, -0.05) is 13.0 Å². The molecule has 1 fully saturated rings. The smallest absolute Gasteiger partial charge is 0.218 e. The topological polar surface area (TPSA) is 37.4 Å². The number of nitrogens with one attached hydrogen (secondary N) is 1. The summed E-state index contributed by atoms with van der Waals surface area (Å²) in [6.07, 6.45) is 5.43. The lowest BCUT2D eigenvalue weighted by Crippen LogP contribution is -2.36. The first-order valence-electron chi connectivity index (χ1n) is 7.74. The van der Waals surface area contributed by atoms with Gasteiger partial charge in [0.2, 0.25) is 5.88 Å². The van der Waals surface area contributed by atoms with Gasteiger partial charge in [-0.2, -0.15) is 0 Å². The standard InChI is InChI=1S/C16H27N3O/c1-4-9-17-13(2)15-6-5-10-18-16(15)20-14-7-11-19(3)12-8-14/h5-6,10,13-14,17H,4,7-9,11-12H2,1-3H3. The van der Waals surface area contributed by atoms with Crippen LogP contribution in [0.4, 0.5) is 0 Å². The minimum absolute atomic E-state index is 0.282. The highest BCUT2D eigenvalue weighted by Crippen LogP contribution is 2.25. The van der Waals surface area contributed by atoms with Crippen LogP contribution < -0.4 is 10.1 Å². The molecule has 2 rings (SSSR count). The first-order chi connectivity index (χ1) is 9.70. The first kappa shape index (κ1) is 15.3. The second kappa shape index (κ2) is 7.60. The Bertz CT molecular complexity index is 402. The number of ether oxygens (including phenoxy) is 1. The maximum atomic E-state index is 6.16. The maximum absolute atomic E-state index is 6.16. The van der Waals surface area contributed by atoms with Crippen LogP contribution in [0.15, 0.2) is 18.3 Å². The van der Waals surface area contributed by atoms with Crippen molar-refractivity contribution in [2.45, 2.75) is 45.3 Å². The fraction of sp³-hybridized carbons (Fsp3) is 0.688. The Morgan fingerprint density at radius 3 is 2.90 bits per heavy atom. The summed E-state index contributed by atoms with van der Waals surface area (Å²) in [5.74, 6) is 0.804.